The Labute approximate surface area is 98.8 Å². The van der Waals surface area contributed by atoms with E-state index in [4.69, 9.17) is 5.73 Å². The van der Waals surface area contributed by atoms with E-state index in [9.17, 15) is 4.79 Å². The molecule has 0 aromatic carbocycles. The zero-order valence-corrected chi connectivity index (χ0v) is 10.8. The predicted octanol–water partition coefficient (Wildman–Crippen LogP) is 0.666. The summed E-state index contributed by atoms with van der Waals surface area (Å²) in [5.74, 6) is 0.220. The van der Waals surface area contributed by atoms with Crippen LogP contribution in [0.1, 0.15) is 33.1 Å². The van der Waals surface area contributed by atoms with Crippen LogP contribution >= 0.6 is 0 Å². The van der Waals surface area contributed by atoms with Gasteiger partial charge >= 0.3 is 0 Å². The Kier molecular flexibility index (Phi) is 5.22. The van der Waals surface area contributed by atoms with Crippen molar-refractivity contribution in [3.63, 3.8) is 0 Å². The van der Waals surface area contributed by atoms with Gasteiger partial charge in [-0.05, 0) is 33.4 Å². The number of rotatable bonds is 3. The van der Waals surface area contributed by atoms with Crippen LogP contribution in [0.2, 0.25) is 0 Å². The van der Waals surface area contributed by atoms with Crippen molar-refractivity contribution in [2.75, 3.05) is 26.7 Å². The molecule has 0 aromatic rings. The van der Waals surface area contributed by atoms with Crippen LogP contribution in [0.5, 0.6) is 0 Å². The second-order valence-corrected chi connectivity index (χ2v) is 4.92. The minimum atomic E-state index is 0.0145. The van der Waals surface area contributed by atoms with Crippen molar-refractivity contribution in [1.82, 2.24) is 9.80 Å². The maximum absolute atomic E-state index is 12.1. The van der Waals surface area contributed by atoms with Crippen molar-refractivity contribution in [3.05, 3.63) is 0 Å². The number of nitrogens with two attached hydrogens (primary N) is 1. The van der Waals surface area contributed by atoms with Crippen LogP contribution in [0.4, 0.5) is 0 Å². The first-order valence-corrected chi connectivity index (χ1v) is 6.28. The number of carbonyl (C=O) groups is 1. The van der Waals surface area contributed by atoms with Gasteiger partial charge < -0.3 is 15.5 Å². The second-order valence-electron chi connectivity index (χ2n) is 4.92. The summed E-state index contributed by atoms with van der Waals surface area (Å²) in [6, 6.07) is 0.324. The number of nitrogens with zero attached hydrogens (tertiary/aromatic N) is 2. The number of carbonyl (C=O) groups excluding carboxylic acids is 1. The van der Waals surface area contributed by atoms with Crippen molar-refractivity contribution < 1.29 is 4.79 Å². The molecule has 1 rings (SSSR count). The van der Waals surface area contributed by atoms with Gasteiger partial charge in [0.1, 0.15) is 0 Å². The summed E-state index contributed by atoms with van der Waals surface area (Å²) in [6.45, 7) is 7.07. The van der Waals surface area contributed by atoms with Gasteiger partial charge in [0.05, 0.1) is 0 Å². The molecule has 2 unspecified atom stereocenters. The third-order valence-corrected chi connectivity index (χ3v) is 3.33. The molecule has 1 aliphatic rings. The van der Waals surface area contributed by atoms with Gasteiger partial charge in [0.25, 0.3) is 0 Å². The molecule has 0 spiro atoms. The molecule has 1 aliphatic heterocycles. The van der Waals surface area contributed by atoms with E-state index in [0.29, 0.717) is 12.5 Å². The molecule has 2 N–H and O–H groups in total. The van der Waals surface area contributed by atoms with Crippen molar-refractivity contribution >= 4 is 5.91 Å². The normalized spacial score (nSPS) is 25.2. The van der Waals surface area contributed by atoms with Crippen LogP contribution in [0.15, 0.2) is 0 Å². The fourth-order valence-corrected chi connectivity index (χ4v) is 2.23. The molecule has 1 heterocycles. The topological polar surface area (TPSA) is 49.6 Å². The molecular formula is C12H25N3O. The summed E-state index contributed by atoms with van der Waals surface area (Å²) in [4.78, 5) is 16.4. The molecule has 0 saturated carbocycles. The average molecular weight is 227 g/mol. The molecule has 1 amide bonds. The second kappa shape index (κ2) is 6.21. The summed E-state index contributed by atoms with van der Waals surface area (Å²) in [6.07, 6.45) is 2.42. The van der Waals surface area contributed by atoms with Gasteiger partial charge in [-0.3, -0.25) is 4.79 Å². The lowest BCUT2D eigenvalue weighted by molar-refractivity contribution is -0.133. The maximum Gasteiger partial charge on any atom is 0.224 e. The van der Waals surface area contributed by atoms with Gasteiger partial charge in [-0.15, -0.1) is 0 Å². The van der Waals surface area contributed by atoms with Gasteiger partial charge in [0.2, 0.25) is 5.91 Å². The minimum absolute atomic E-state index is 0.0145. The van der Waals surface area contributed by atoms with Gasteiger partial charge in [0.15, 0.2) is 0 Å². The van der Waals surface area contributed by atoms with E-state index in [1.807, 2.05) is 11.8 Å². The van der Waals surface area contributed by atoms with E-state index >= 15 is 0 Å². The van der Waals surface area contributed by atoms with Crippen LogP contribution in [-0.4, -0.2) is 54.5 Å². The summed E-state index contributed by atoms with van der Waals surface area (Å²) in [5, 5.41) is 0. The SMILES string of the molecule is CCC(N)CC(=O)N1CCCN(C)CC1C. The maximum atomic E-state index is 12.1. The molecular weight excluding hydrogens is 202 g/mol. The van der Waals surface area contributed by atoms with Gasteiger partial charge in [-0.25, -0.2) is 0 Å². The Morgan fingerprint density at radius 3 is 2.81 bits per heavy atom. The third kappa shape index (κ3) is 3.76. The lowest BCUT2D eigenvalue weighted by Crippen LogP contribution is -2.43. The van der Waals surface area contributed by atoms with Crippen LogP contribution < -0.4 is 5.73 Å². The van der Waals surface area contributed by atoms with Crippen LogP contribution in [0, 0.1) is 0 Å². The molecule has 16 heavy (non-hydrogen) atoms. The quantitative estimate of drug-likeness (QED) is 0.771. The van der Waals surface area contributed by atoms with Crippen molar-refractivity contribution in [3.8, 4) is 0 Å². The number of hydrogen-bond donors (Lipinski definition) is 1. The molecule has 1 saturated heterocycles. The Hall–Kier alpha value is -0.610. The minimum Gasteiger partial charge on any atom is -0.339 e. The smallest absolute Gasteiger partial charge is 0.224 e. The van der Waals surface area contributed by atoms with E-state index < -0.39 is 0 Å². The van der Waals surface area contributed by atoms with Crippen molar-refractivity contribution in [2.45, 2.75) is 45.2 Å². The number of likely N-dealkylation sites (N-methyl/N-ethyl adjacent to an activating group) is 1. The monoisotopic (exact) mass is 227 g/mol. The highest BCUT2D eigenvalue weighted by Gasteiger charge is 2.24. The largest absolute Gasteiger partial charge is 0.339 e. The van der Waals surface area contributed by atoms with E-state index in [1.54, 1.807) is 0 Å². The lowest BCUT2D eigenvalue weighted by Gasteiger charge is -2.29. The fourth-order valence-electron chi connectivity index (χ4n) is 2.23. The zero-order chi connectivity index (χ0) is 12.1. The van der Waals surface area contributed by atoms with E-state index in [1.165, 1.54) is 0 Å². The molecule has 94 valence electrons. The molecule has 4 heteroatoms. The zero-order valence-electron chi connectivity index (χ0n) is 10.8. The lowest BCUT2D eigenvalue weighted by atomic mass is 10.1. The first-order valence-electron chi connectivity index (χ1n) is 6.28. The first-order chi connectivity index (χ1) is 7.54. The van der Waals surface area contributed by atoms with Crippen molar-refractivity contribution in [1.29, 1.82) is 0 Å². The average Bonchev–Trinajstić information content (AvgIpc) is 2.38. The Balaban J connectivity index is 2.53. The van der Waals surface area contributed by atoms with Crippen molar-refractivity contribution in [2.24, 2.45) is 5.73 Å². The van der Waals surface area contributed by atoms with Gasteiger partial charge in [-0.1, -0.05) is 6.92 Å². The highest BCUT2D eigenvalue weighted by atomic mass is 16.2. The van der Waals surface area contributed by atoms with Gasteiger partial charge in [0, 0.05) is 31.6 Å². The number of hydrogen-bond acceptors (Lipinski definition) is 3. The predicted molar refractivity (Wildman–Crippen MR) is 66.2 cm³/mol. The van der Waals surface area contributed by atoms with E-state index in [-0.39, 0.29) is 11.9 Å². The van der Waals surface area contributed by atoms with Crippen LogP contribution in [0.3, 0.4) is 0 Å². The summed E-state index contributed by atoms with van der Waals surface area (Å²) in [7, 11) is 2.11. The molecule has 0 bridgehead atoms. The highest BCUT2D eigenvalue weighted by molar-refractivity contribution is 5.77. The number of amides is 1. The molecule has 0 radical (unpaired) electrons. The van der Waals surface area contributed by atoms with E-state index in [0.717, 1.165) is 32.5 Å². The van der Waals surface area contributed by atoms with E-state index in [2.05, 4.69) is 18.9 Å². The summed E-state index contributed by atoms with van der Waals surface area (Å²) >= 11 is 0. The standard InChI is InChI=1S/C12H25N3O/c1-4-11(13)8-12(16)15-7-5-6-14(3)9-10(15)2/h10-11H,4-9,13H2,1-3H3. The molecule has 0 aliphatic carbocycles. The highest BCUT2D eigenvalue weighted by Crippen LogP contribution is 2.11. The molecule has 4 nitrogen and oxygen atoms in total. The van der Waals surface area contributed by atoms with Crippen LogP contribution in [-0.2, 0) is 4.79 Å². The molecule has 1 fully saturated rings. The Morgan fingerprint density at radius 1 is 1.50 bits per heavy atom. The van der Waals surface area contributed by atoms with Gasteiger partial charge in [-0.2, -0.15) is 0 Å². The first kappa shape index (κ1) is 13.5. The van der Waals surface area contributed by atoms with Crippen LogP contribution in [0.25, 0.3) is 0 Å². The molecule has 0 aromatic heterocycles. The Morgan fingerprint density at radius 2 is 2.19 bits per heavy atom. The fraction of sp³-hybridized carbons (Fsp3) is 0.917. The Bertz CT molecular complexity index is 232. The third-order valence-electron chi connectivity index (χ3n) is 3.33. The summed E-state index contributed by atoms with van der Waals surface area (Å²) < 4.78 is 0. The summed E-state index contributed by atoms with van der Waals surface area (Å²) in [5.41, 5.74) is 5.83. The molecule has 2 atom stereocenters.